The van der Waals surface area contributed by atoms with E-state index in [1.54, 1.807) is 30.3 Å². The molecule has 0 amide bonds. The third-order valence-electron chi connectivity index (χ3n) is 2.34. The number of thioether (sulfide) groups is 1. The molecule has 0 saturated carbocycles. The van der Waals surface area contributed by atoms with Crippen LogP contribution in [0.1, 0.15) is 12.6 Å². The van der Waals surface area contributed by atoms with Gasteiger partial charge in [-0.2, -0.15) is 13.2 Å². The molecule has 1 aromatic heterocycles. The summed E-state index contributed by atoms with van der Waals surface area (Å²) in [6.07, 6.45) is -4.46. The molecule has 2 nitrogen and oxygen atoms in total. The van der Waals surface area contributed by atoms with E-state index in [0.717, 1.165) is 6.07 Å². The van der Waals surface area contributed by atoms with Gasteiger partial charge in [0.05, 0.1) is 5.69 Å². The summed E-state index contributed by atoms with van der Waals surface area (Å²) in [4.78, 5) is 7.71. The fraction of sp³-hybridized carbons (Fsp3) is 0.231. The van der Waals surface area contributed by atoms with Crippen LogP contribution in [0.25, 0.3) is 11.3 Å². The first-order valence-corrected chi connectivity index (χ1v) is 6.63. The standard InChI is InChI=1S/C13H11F3N2S/c1-2-19-12-17-10(9-6-4-3-5-7-9)8-11(18-12)13(14,15)16/h3-8H,2H2,1H3. The van der Waals surface area contributed by atoms with Gasteiger partial charge in [0, 0.05) is 5.56 Å². The highest BCUT2D eigenvalue weighted by Gasteiger charge is 2.33. The topological polar surface area (TPSA) is 25.8 Å². The molecular formula is C13H11F3N2S. The maximum atomic E-state index is 12.8. The summed E-state index contributed by atoms with van der Waals surface area (Å²) in [5.41, 5.74) is 0.0320. The monoisotopic (exact) mass is 284 g/mol. The summed E-state index contributed by atoms with van der Waals surface area (Å²) in [7, 11) is 0. The van der Waals surface area contributed by atoms with Crippen molar-refractivity contribution in [1.82, 2.24) is 9.97 Å². The van der Waals surface area contributed by atoms with Gasteiger partial charge in [-0.3, -0.25) is 0 Å². The smallest absolute Gasteiger partial charge is 0.222 e. The minimum absolute atomic E-state index is 0.149. The Hall–Kier alpha value is -1.56. The Morgan fingerprint density at radius 2 is 1.79 bits per heavy atom. The summed E-state index contributed by atoms with van der Waals surface area (Å²) in [5.74, 6) is 0.621. The third kappa shape index (κ3) is 3.47. The predicted octanol–water partition coefficient (Wildman–Crippen LogP) is 4.27. The number of rotatable bonds is 3. The second-order valence-corrected chi connectivity index (χ2v) is 4.95. The van der Waals surface area contributed by atoms with Crippen LogP contribution in [0.3, 0.4) is 0 Å². The molecule has 6 heteroatoms. The van der Waals surface area contributed by atoms with Crippen molar-refractivity contribution in [3.63, 3.8) is 0 Å². The lowest BCUT2D eigenvalue weighted by molar-refractivity contribution is -0.141. The predicted molar refractivity (Wildman–Crippen MR) is 68.9 cm³/mol. The van der Waals surface area contributed by atoms with Crippen molar-refractivity contribution >= 4 is 11.8 Å². The molecule has 0 aliphatic heterocycles. The molecular weight excluding hydrogens is 273 g/mol. The lowest BCUT2D eigenvalue weighted by Gasteiger charge is -2.10. The second kappa shape index (κ2) is 5.61. The zero-order chi connectivity index (χ0) is 13.9. The normalized spacial score (nSPS) is 11.6. The van der Waals surface area contributed by atoms with Gasteiger partial charge < -0.3 is 0 Å². The number of benzene rings is 1. The number of alkyl halides is 3. The summed E-state index contributed by atoms with van der Waals surface area (Å²) in [5, 5.41) is 0.149. The Morgan fingerprint density at radius 3 is 2.37 bits per heavy atom. The fourth-order valence-electron chi connectivity index (χ4n) is 1.52. The van der Waals surface area contributed by atoms with Crippen molar-refractivity contribution in [3.8, 4) is 11.3 Å². The van der Waals surface area contributed by atoms with E-state index >= 15 is 0 Å². The molecule has 0 N–H and O–H groups in total. The molecule has 0 bridgehead atoms. The highest BCUT2D eigenvalue weighted by molar-refractivity contribution is 7.99. The molecule has 1 aromatic carbocycles. The Balaban J connectivity index is 2.52. The van der Waals surface area contributed by atoms with Crippen LogP contribution in [-0.2, 0) is 6.18 Å². The van der Waals surface area contributed by atoms with Gasteiger partial charge in [-0.15, -0.1) is 0 Å². The highest BCUT2D eigenvalue weighted by Crippen LogP contribution is 2.31. The molecule has 0 spiro atoms. The second-order valence-electron chi connectivity index (χ2n) is 3.72. The van der Waals surface area contributed by atoms with Gasteiger partial charge in [0.1, 0.15) is 5.69 Å². The molecule has 19 heavy (non-hydrogen) atoms. The first-order chi connectivity index (χ1) is 9.00. The zero-order valence-corrected chi connectivity index (χ0v) is 10.9. The Kier molecular flexibility index (Phi) is 4.09. The molecule has 1 heterocycles. The summed E-state index contributed by atoms with van der Waals surface area (Å²) in [6.45, 7) is 1.84. The third-order valence-corrected chi connectivity index (χ3v) is 3.07. The van der Waals surface area contributed by atoms with E-state index in [0.29, 0.717) is 17.0 Å². The van der Waals surface area contributed by atoms with Crippen LogP contribution in [0.15, 0.2) is 41.6 Å². The van der Waals surface area contributed by atoms with E-state index in [4.69, 9.17) is 0 Å². The van der Waals surface area contributed by atoms with E-state index in [2.05, 4.69) is 9.97 Å². The van der Waals surface area contributed by atoms with Gasteiger partial charge in [-0.05, 0) is 11.8 Å². The van der Waals surface area contributed by atoms with Crippen LogP contribution >= 0.6 is 11.8 Å². The van der Waals surface area contributed by atoms with Crippen molar-refractivity contribution in [2.24, 2.45) is 0 Å². The lowest BCUT2D eigenvalue weighted by Crippen LogP contribution is -2.10. The summed E-state index contributed by atoms with van der Waals surface area (Å²) in [6, 6.07) is 9.76. The highest BCUT2D eigenvalue weighted by atomic mass is 32.2. The molecule has 0 aliphatic rings. The van der Waals surface area contributed by atoms with Crippen LogP contribution in [0, 0.1) is 0 Å². The van der Waals surface area contributed by atoms with Gasteiger partial charge in [0.2, 0.25) is 0 Å². The van der Waals surface area contributed by atoms with Gasteiger partial charge in [0.25, 0.3) is 0 Å². The zero-order valence-electron chi connectivity index (χ0n) is 10.1. The minimum atomic E-state index is -4.46. The number of halogens is 3. The van der Waals surface area contributed by atoms with E-state index in [9.17, 15) is 13.2 Å². The molecule has 2 rings (SSSR count). The molecule has 100 valence electrons. The summed E-state index contributed by atoms with van der Waals surface area (Å²) >= 11 is 1.19. The number of aromatic nitrogens is 2. The van der Waals surface area contributed by atoms with E-state index in [-0.39, 0.29) is 5.16 Å². The Labute approximate surface area is 113 Å². The van der Waals surface area contributed by atoms with Crippen LogP contribution in [0.2, 0.25) is 0 Å². The number of hydrogen-bond acceptors (Lipinski definition) is 3. The average Bonchev–Trinajstić information content (AvgIpc) is 2.39. The maximum absolute atomic E-state index is 12.8. The summed E-state index contributed by atoms with van der Waals surface area (Å²) < 4.78 is 38.4. The minimum Gasteiger partial charge on any atom is -0.222 e. The Morgan fingerprint density at radius 1 is 1.11 bits per heavy atom. The molecule has 0 unspecified atom stereocenters. The van der Waals surface area contributed by atoms with Gasteiger partial charge in [0.15, 0.2) is 5.16 Å². The van der Waals surface area contributed by atoms with Crippen molar-refractivity contribution in [1.29, 1.82) is 0 Å². The average molecular weight is 284 g/mol. The van der Waals surface area contributed by atoms with Gasteiger partial charge in [-0.1, -0.05) is 49.0 Å². The van der Waals surface area contributed by atoms with Crippen molar-refractivity contribution in [2.45, 2.75) is 18.3 Å². The van der Waals surface area contributed by atoms with E-state index < -0.39 is 11.9 Å². The molecule has 0 radical (unpaired) electrons. The maximum Gasteiger partial charge on any atom is 0.433 e. The van der Waals surface area contributed by atoms with Crippen molar-refractivity contribution < 1.29 is 13.2 Å². The SMILES string of the molecule is CCSc1nc(-c2ccccc2)cc(C(F)(F)F)n1. The molecule has 0 saturated heterocycles. The molecule has 0 aliphatic carbocycles. The lowest BCUT2D eigenvalue weighted by atomic mass is 10.1. The van der Waals surface area contributed by atoms with Gasteiger partial charge >= 0.3 is 6.18 Å². The van der Waals surface area contributed by atoms with Crippen LogP contribution in [-0.4, -0.2) is 15.7 Å². The van der Waals surface area contributed by atoms with Crippen molar-refractivity contribution in [3.05, 3.63) is 42.1 Å². The van der Waals surface area contributed by atoms with Gasteiger partial charge in [-0.25, -0.2) is 9.97 Å². The quantitative estimate of drug-likeness (QED) is 0.621. The molecule has 0 atom stereocenters. The Bertz CT molecular complexity index is 556. The van der Waals surface area contributed by atoms with Crippen molar-refractivity contribution in [2.75, 3.05) is 5.75 Å². The first-order valence-electron chi connectivity index (χ1n) is 5.65. The number of nitrogens with zero attached hydrogens (tertiary/aromatic N) is 2. The van der Waals surface area contributed by atoms with Crippen LogP contribution in [0.4, 0.5) is 13.2 Å². The van der Waals surface area contributed by atoms with Crippen LogP contribution < -0.4 is 0 Å². The largest absolute Gasteiger partial charge is 0.433 e. The molecule has 2 aromatic rings. The first kappa shape index (κ1) is 13.9. The van der Waals surface area contributed by atoms with E-state index in [1.165, 1.54) is 11.8 Å². The van der Waals surface area contributed by atoms with Crippen LogP contribution in [0.5, 0.6) is 0 Å². The fourth-order valence-corrected chi connectivity index (χ4v) is 2.10. The molecule has 0 fully saturated rings. The van der Waals surface area contributed by atoms with E-state index in [1.807, 2.05) is 6.92 Å². The number of hydrogen-bond donors (Lipinski definition) is 0.